The largest absolute Gasteiger partial charge is 0.479 e. The first-order valence-electron chi connectivity index (χ1n) is 22.6. The fourth-order valence-corrected chi connectivity index (χ4v) is 10.7. The van der Waals surface area contributed by atoms with Gasteiger partial charge >= 0.3 is 35.8 Å². The molecular formula is C51H55NO18. The number of hydrogen-bond acceptors (Lipinski definition) is 17. The third-order valence-electron chi connectivity index (χ3n) is 14.4. The number of nitrogens with one attached hydrogen (secondary N) is 1. The van der Waals surface area contributed by atoms with Crippen LogP contribution < -0.4 is 5.32 Å². The Bertz CT molecular complexity index is 2580. The maximum absolute atomic E-state index is 15.7. The van der Waals surface area contributed by atoms with Crippen molar-refractivity contribution in [2.75, 3.05) is 6.61 Å². The second kappa shape index (κ2) is 19.5. The van der Waals surface area contributed by atoms with Crippen LogP contribution in [0.2, 0.25) is 0 Å². The predicted octanol–water partition coefficient (Wildman–Crippen LogP) is 3.12. The van der Waals surface area contributed by atoms with Crippen LogP contribution in [0.1, 0.15) is 93.1 Å². The molecule has 3 aromatic rings. The van der Waals surface area contributed by atoms with Gasteiger partial charge in [0, 0.05) is 37.7 Å². The molecule has 1 aliphatic heterocycles. The van der Waals surface area contributed by atoms with Crippen molar-refractivity contribution in [1.29, 1.82) is 0 Å². The van der Waals surface area contributed by atoms with E-state index in [9.17, 15) is 49.2 Å². The van der Waals surface area contributed by atoms with Crippen LogP contribution in [-0.4, -0.2) is 128 Å². The van der Waals surface area contributed by atoms with Crippen LogP contribution in [0.15, 0.2) is 102 Å². The number of esters is 5. The second-order valence-corrected chi connectivity index (χ2v) is 18.9. The van der Waals surface area contributed by atoms with Crippen molar-refractivity contribution in [3.05, 3.63) is 119 Å². The van der Waals surface area contributed by atoms with E-state index in [4.69, 9.17) is 28.4 Å². The van der Waals surface area contributed by atoms with Crippen LogP contribution in [0.5, 0.6) is 0 Å². The number of ether oxygens (including phenoxy) is 6. The van der Waals surface area contributed by atoms with Crippen molar-refractivity contribution < 1.29 is 87.2 Å². The number of carboxylic acids is 1. The molecule has 372 valence electrons. The Kier molecular flexibility index (Phi) is 14.3. The summed E-state index contributed by atoms with van der Waals surface area (Å²) < 4.78 is 36.1. The van der Waals surface area contributed by atoms with Gasteiger partial charge in [0.25, 0.3) is 5.91 Å². The lowest BCUT2D eigenvalue weighted by atomic mass is 9.44. The molecule has 1 amide bonds. The molecule has 5 N–H and O–H groups in total. The van der Waals surface area contributed by atoms with E-state index in [1.807, 2.05) is 0 Å². The fourth-order valence-electron chi connectivity index (χ4n) is 10.7. The van der Waals surface area contributed by atoms with Crippen LogP contribution in [0, 0.1) is 16.7 Å². The molecule has 3 fully saturated rings. The van der Waals surface area contributed by atoms with E-state index < -0.39 is 137 Å². The zero-order valence-corrected chi connectivity index (χ0v) is 39.2. The average Bonchev–Trinajstić information content (AvgIpc) is 3.31. The summed E-state index contributed by atoms with van der Waals surface area (Å²) in [6.45, 7) is 7.54. The van der Waals surface area contributed by atoms with Crippen molar-refractivity contribution in [2.45, 2.75) is 121 Å². The number of carbonyl (C=O) groups excluding carboxylic acids is 7. The third kappa shape index (κ3) is 9.09. The normalized spacial score (nSPS) is 29.9. The summed E-state index contributed by atoms with van der Waals surface area (Å²) in [5, 5.41) is 48.3. The van der Waals surface area contributed by atoms with Crippen molar-refractivity contribution in [1.82, 2.24) is 5.32 Å². The number of carboxylic acid groups (broad SMARTS) is 1. The number of rotatable bonds is 14. The van der Waals surface area contributed by atoms with Gasteiger partial charge in [-0.25, -0.2) is 14.4 Å². The van der Waals surface area contributed by atoms with E-state index in [1.165, 1.54) is 64.1 Å². The Hall–Kier alpha value is -6.80. The van der Waals surface area contributed by atoms with Crippen molar-refractivity contribution in [3.63, 3.8) is 0 Å². The van der Waals surface area contributed by atoms with Crippen molar-refractivity contribution >= 4 is 47.5 Å². The standard InChI is InChI=1S/C51H55NO18/c1-26-33(67-47(63)40(68-36(57)22-32(55)45(60)61)38(29-16-10-7-11-17-29)52-44(59)30-18-12-8-13-19-30)24-51(64)43(69-46(62)31-20-14-9-15-21-31)41-49(6,34(56)23-35-50(41,25-65-35)70-28(3)54)42(58)39(66-27(2)53)37(26)48(51,4)5/h7-21,32-35,38-41,43,55-56,64H,22-25H2,1-6H3,(H,52,59)(H,60,61)/t32?,33-,34-,35+,38-,39+,40+,41-,43-,49+,50-,51+/m0/s1. The third-order valence-corrected chi connectivity index (χ3v) is 14.4. The van der Waals surface area contributed by atoms with Crippen LogP contribution in [0.3, 0.4) is 0 Å². The number of ketones is 1. The summed E-state index contributed by atoms with van der Waals surface area (Å²) in [5.41, 5.74) is -8.08. The van der Waals surface area contributed by atoms with Gasteiger partial charge in [-0.05, 0) is 54.8 Å². The molecule has 4 aliphatic rings. The highest BCUT2D eigenvalue weighted by Gasteiger charge is 2.78. The topological polar surface area (TPSA) is 285 Å². The summed E-state index contributed by atoms with van der Waals surface area (Å²) in [6, 6.07) is 21.6. The Morgan fingerprint density at radius 3 is 1.96 bits per heavy atom. The Morgan fingerprint density at radius 1 is 0.829 bits per heavy atom. The molecule has 0 radical (unpaired) electrons. The minimum atomic E-state index is -2.54. The number of carbonyl (C=O) groups is 8. The fraction of sp³-hybridized carbons (Fsp3) is 0.451. The zero-order chi connectivity index (χ0) is 51.1. The van der Waals surface area contributed by atoms with E-state index in [0.29, 0.717) is 0 Å². The van der Waals surface area contributed by atoms with Gasteiger partial charge in [0.15, 0.2) is 23.6 Å². The Labute approximate surface area is 402 Å². The molecule has 12 atom stereocenters. The molecule has 0 aromatic heterocycles. The van der Waals surface area contributed by atoms with Crippen LogP contribution in [-0.2, 0) is 57.2 Å². The molecule has 3 aliphatic carbocycles. The highest BCUT2D eigenvalue weighted by molar-refractivity contribution is 5.96. The molecule has 3 aromatic carbocycles. The van der Waals surface area contributed by atoms with Crippen LogP contribution in [0.25, 0.3) is 0 Å². The van der Waals surface area contributed by atoms with Gasteiger partial charge in [0.05, 0.1) is 36.0 Å². The van der Waals surface area contributed by atoms with E-state index in [-0.39, 0.29) is 40.9 Å². The van der Waals surface area contributed by atoms with Crippen molar-refractivity contribution in [3.8, 4) is 0 Å². The number of hydrogen-bond donors (Lipinski definition) is 5. The number of benzene rings is 3. The first-order chi connectivity index (χ1) is 33.0. The molecule has 1 saturated heterocycles. The van der Waals surface area contributed by atoms with Gasteiger partial charge < -0.3 is 54.2 Å². The van der Waals surface area contributed by atoms with E-state index in [0.717, 1.165) is 13.8 Å². The molecule has 2 saturated carbocycles. The van der Waals surface area contributed by atoms with Gasteiger partial charge in [0.2, 0.25) is 6.10 Å². The highest BCUT2D eigenvalue weighted by atomic mass is 16.6. The van der Waals surface area contributed by atoms with Crippen LogP contribution >= 0.6 is 0 Å². The lowest BCUT2D eigenvalue weighted by molar-refractivity contribution is -0.346. The van der Waals surface area contributed by atoms with E-state index in [1.54, 1.807) is 54.6 Å². The molecule has 0 spiro atoms. The number of aliphatic carboxylic acids is 1. The molecule has 2 bridgehead atoms. The van der Waals surface area contributed by atoms with Crippen molar-refractivity contribution in [2.24, 2.45) is 16.7 Å². The predicted molar refractivity (Wildman–Crippen MR) is 240 cm³/mol. The highest BCUT2D eigenvalue weighted by Crippen LogP contribution is 2.64. The molecule has 19 heteroatoms. The number of aliphatic hydroxyl groups excluding tert-OH is 2. The second-order valence-electron chi connectivity index (χ2n) is 18.9. The summed E-state index contributed by atoms with van der Waals surface area (Å²) in [5.74, 6) is -10.7. The summed E-state index contributed by atoms with van der Waals surface area (Å²) in [4.78, 5) is 110. The van der Waals surface area contributed by atoms with Gasteiger partial charge in [-0.3, -0.25) is 24.0 Å². The van der Waals surface area contributed by atoms with Gasteiger partial charge in [-0.2, -0.15) is 0 Å². The van der Waals surface area contributed by atoms with Gasteiger partial charge in [-0.15, -0.1) is 0 Å². The number of Topliss-reactive ketones (excluding diaryl/α,β-unsaturated/α-hetero) is 1. The molecule has 1 unspecified atom stereocenters. The van der Waals surface area contributed by atoms with E-state index in [2.05, 4.69) is 5.32 Å². The summed E-state index contributed by atoms with van der Waals surface area (Å²) >= 11 is 0. The maximum Gasteiger partial charge on any atom is 0.350 e. The first kappa shape index (κ1) is 51.1. The number of fused-ring (bicyclic) bond motifs is 5. The summed E-state index contributed by atoms with van der Waals surface area (Å²) in [6.07, 6.45) is -14.8. The lowest BCUT2D eigenvalue weighted by Gasteiger charge is -2.67. The Morgan fingerprint density at radius 2 is 1.41 bits per heavy atom. The Balaban J connectivity index is 1.42. The summed E-state index contributed by atoms with van der Waals surface area (Å²) in [7, 11) is 0. The smallest absolute Gasteiger partial charge is 0.350 e. The molecule has 70 heavy (non-hydrogen) atoms. The monoisotopic (exact) mass is 969 g/mol. The molecule has 19 nitrogen and oxygen atoms in total. The maximum atomic E-state index is 15.7. The number of aliphatic hydroxyl groups is 3. The molecular weight excluding hydrogens is 915 g/mol. The SMILES string of the molecule is CC(=O)O[C@H]1C(=O)[C@@]2(C)[C@H]([C@H](OC(=O)c3ccccc3)[C@]3(O)C[C@H](OC(=O)[C@H](OC(=O)CC(O)C(=O)O)[C@@H](NC(=O)c4ccccc4)c4ccccc4)C(C)=C1C3(C)C)[C@]1(OC(C)=O)CO[C@@H]1C[C@@H]2O. The van der Waals surface area contributed by atoms with E-state index >= 15 is 9.59 Å². The minimum Gasteiger partial charge on any atom is -0.479 e. The van der Waals surface area contributed by atoms with Gasteiger partial charge in [-0.1, -0.05) is 80.6 Å². The molecule has 7 rings (SSSR count). The quantitative estimate of drug-likeness (QED) is 0.0881. The first-order valence-corrected chi connectivity index (χ1v) is 22.6. The van der Waals surface area contributed by atoms with Crippen LogP contribution in [0.4, 0.5) is 0 Å². The minimum absolute atomic E-state index is 0.00370. The average molecular weight is 970 g/mol. The lowest BCUT2D eigenvalue weighted by Crippen LogP contribution is -2.82. The number of amides is 1. The zero-order valence-electron chi connectivity index (χ0n) is 39.2. The molecule has 1 heterocycles. The van der Waals surface area contributed by atoms with Gasteiger partial charge in [0.1, 0.15) is 30.0 Å².